The molecule has 0 amide bonds. The molecule has 88 valence electrons. The molecule has 1 nitrogen and oxygen atoms in total. The topological polar surface area (TPSA) is 20.2 Å². The van der Waals surface area contributed by atoms with Crippen LogP contribution in [-0.4, -0.2) is 5.11 Å². The third kappa shape index (κ3) is 2.68. The van der Waals surface area contributed by atoms with Crippen molar-refractivity contribution >= 4 is 27.5 Å². The Balaban J connectivity index is 2.40. The van der Waals surface area contributed by atoms with Crippen LogP contribution in [0, 0.1) is 5.82 Å². The second-order valence-corrected chi connectivity index (χ2v) is 4.92. The second-order valence-electron chi connectivity index (χ2n) is 3.60. The van der Waals surface area contributed by atoms with E-state index in [1.807, 2.05) is 0 Å². The Hall–Kier alpha value is -0.900. The summed E-state index contributed by atoms with van der Waals surface area (Å²) in [6, 6.07) is 11.6. The normalized spacial score (nSPS) is 12.5. The summed E-state index contributed by atoms with van der Waals surface area (Å²) in [5.74, 6) is -0.579. The van der Waals surface area contributed by atoms with E-state index >= 15 is 0 Å². The molecule has 0 fully saturated rings. The van der Waals surface area contributed by atoms with Crippen molar-refractivity contribution in [3.05, 3.63) is 68.9 Å². The van der Waals surface area contributed by atoms with E-state index < -0.39 is 11.9 Å². The van der Waals surface area contributed by atoms with E-state index in [1.54, 1.807) is 30.3 Å². The molecule has 2 aromatic carbocycles. The maximum Gasteiger partial charge on any atom is 0.147 e. The maximum atomic E-state index is 13.7. The monoisotopic (exact) mass is 314 g/mol. The first-order chi connectivity index (χ1) is 8.09. The highest BCUT2D eigenvalue weighted by Gasteiger charge is 2.16. The van der Waals surface area contributed by atoms with Crippen LogP contribution >= 0.6 is 27.5 Å². The van der Waals surface area contributed by atoms with Gasteiger partial charge in [0.15, 0.2) is 0 Å². The summed E-state index contributed by atoms with van der Waals surface area (Å²) in [5.41, 5.74) is 0.800. The van der Waals surface area contributed by atoms with Gasteiger partial charge in [-0.15, -0.1) is 0 Å². The molecule has 2 aromatic rings. The van der Waals surface area contributed by atoms with Gasteiger partial charge in [-0.2, -0.15) is 0 Å². The minimum Gasteiger partial charge on any atom is -0.384 e. The van der Waals surface area contributed by atoms with Crippen LogP contribution in [0.1, 0.15) is 17.2 Å². The molecule has 0 radical (unpaired) electrons. The standard InChI is InChI=1S/C13H9BrClFO/c14-9-6-4-8(5-7-9)13(17)10-2-1-3-11(15)12(10)16/h1-7,13,17H. The average molecular weight is 316 g/mol. The van der Waals surface area contributed by atoms with Crippen LogP contribution < -0.4 is 0 Å². The molecular weight excluding hydrogens is 306 g/mol. The number of hydrogen-bond acceptors (Lipinski definition) is 1. The number of aliphatic hydroxyl groups excluding tert-OH is 1. The molecule has 1 atom stereocenters. The van der Waals surface area contributed by atoms with Gasteiger partial charge in [0.25, 0.3) is 0 Å². The molecule has 0 aliphatic heterocycles. The summed E-state index contributed by atoms with van der Waals surface area (Å²) in [6.07, 6.45) is -1.01. The fourth-order valence-corrected chi connectivity index (χ4v) is 2.00. The smallest absolute Gasteiger partial charge is 0.147 e. The lowest BCUT2D eigenvalue weighted by atomic mass is 10.0. The van der Waals surface area contributed by atoms with E-state index in [2.05, 4.69) is 15.9 Å². The highest BCUT2D eigenvalue weighted by molar-refractivity contribution is 9.10. The Labute approximate surface area is 112 Å². The zero-order valence-corrected chi connectivity index (χ0v) is 11.0. The SMILES string of the molecule is OC(c1ccc(Br)cc1)c1cccc(Cl)c1F. The number of benzene rings is 2. The molecule has 0 saturated heterocycles. The first-order valence-electron chi connectivity index (χ1n) is 4.97. The van der Waals surface area contributed by atoms with Gasteiger partial charge < -0.3 is 5.11 Å². The zero-order chi connectivity index (χ0) is 12.4. The number of halogens is 3. The van der Waals surface area contributed by atoms with E-state index in [-0.39, 0.29) is 10.6 Å². The first kappa shape index (κ1) is 12.6. The molecule has 0 bridgehead atoms. The van der Waals surface area contributed by atoms with E-state index in [1.165, 1.54) is 12.1 Å². The minimum absolute atomic E-state index is 0.0126. The van der Waals surface area contributed by atoms with Crippen molar-refractivity contribution in [1.82, 2.24) is 0 Å². The molecule has 0 spiro atoms. The number of hydrogen-bond donors (Lipinski definition) is 1. The predicted molar refractivity (Wildman–Crippen MR) is 69.6 cm³/mol. The van der Waals surface area contributed by atoms with Gasteiger partial charge in [-0.25, -0.2) is 4.39 Å². The Morgan fingerprint density at radius 2 is 1.76 bits per heavy atom. The van der Waals surface area contributed by atoms with Gasteiger partial charge >= 0.3 is 0 Å². The molecule has 0 aliphatic rings. The summed E-state index contributed by atoms with van der Waals surface area (Å²) in [5, 5.41) is 10.1. The van der Waals surface area contributed by atoms with Gasteiger partial charge in [-0.1, -0.05) is 51.8 Å². The molecule has 4 heteroatoms. The molecule has 17 heavy (non-hydrogen) atoms. The van der Waals surface area contributed by atoms with Crippen LogP contribution in [0.15, 0.2) is 46.9 Å². The van der Waals surface area contributed by atoms with Crippen molar-refractivity contribution in [2.45, 2.75) is 6.10 Å². The van der Waals surface area contributed by atoms with Crippen LogP contribution in [0.25, 0.3) is 0 Å². The van der Waals surface area contributed by atoms with Gasteiger partial charge in [-0.05, 0) is 23.8 Å². The molecule has 1 N–H and O–H groups in total. The average Bonchev–Trinajstić information content (AvgIpc) is 2.33. The van der Waals surface area contributed by atoms with Gasteiger partial charge in [0.2, 0.25) is 0 Å². The van der Waals surface area contributed by atoms with Crippen molar-refractivity contribution in [2.24, 2.45) is 0 Å². The summed E-state index contributed by atoms with van der Waals surface area (Å²) in [4.78, 5) is 0. The highest BCUT2D eigenvalue weighted by atomic mass is 79.9. The van der Waals surface area contributed by atoms with E-state index in [9.17, 15) is 9.50 Å². The molecule has 0 aliphatic carbocycles. The van der Waals surface area contributed by atoms with Crippen LogP contribution in [0.3, 0.4) is 0 Å². The van der Waals surface area contributed by atoms with E-state index in [0.29, 0.717) is 5.56 Å². The Kier molecular flexibility index (Phi) is 3.82. The zero-order valence-electron chi connectivity index (χ0n) is 8.70. The molecule has 0 aromatic heterocycles. The van der Waals surface area contributed by atoms with Crippen LogP contribution in [0.4, 0.5) is 4.39 Å². The Morgan fingerprint density at radius 1 is 1.12 bits per heavy atom. The van der Waals surface area contributed by atoms with Crippen molar-refractivity contribution in [1.29, 1.82) is 0 Å². The van der Waals surface area contributed by atoms with Crippen LogP contribution in [0.5, 0.6) is 0 Å². The third-order valence-electron chi connectivity index (χ3n) is 2.46. The maximum absolute atomic E-state index is 13.7. The predicted octanol–water partition coefficient (Wildman–Crippen LogP) is 4.32. The molecule has 2 rings (SSSR count). The van der Waals surface area contributed by atoms with Crippen LogP contribution in [-0.2, 0) is 0 Å². The first-order valence-corrected chi connectivity index (χ1v) is 6.14. The third-order valence-corrected chi connectivity index (χ3v) is 3.28. The lowest BCUT2D eigenvalue weighted by Gasteiger charge is -2.13. The quantitative estimate of drug-likeness (QED) is 0.875. The van der Waals surface area contributed by atoms with Crippen molar-refractivity contribution in [3.63, 3.8) is 0 Å². The van der Waals surface area contributed by atoms with Gasteiger partial charge in [0.1, 0.15) is 11.9 Å². The highest BCUT2D eigenvalue weighted by Crippen LogP contribution is 2.28. The van der Waals surface area contributed by atoms with Gasteiger partial charge in [-0.3, -0.25) is 0 Å². The number of rotatable bonds is 2. The lowest BCUT2D eigenvalue weighted by molar-refractivity contribution is 0.215. The lowest BCUT2D eigenvalue weighted by Crippen LogP contribution is -2.02. The fraction of sp³-hybridized carbons (Fsp3) is 0.0769. The fourth-order valence-electron chi connectivity index (χ4n) is 1.56. The van der Waals surface area contributed by atoms with Gasteiger partial charge in [0, 0.05) is 10.0 Å². The van der Waals surface area contributed by atoms with Crippen molar-refractivity contribution in [2.75, 3.05) is 0 Å². The van der Waals surface area contributed by atoms with E-state index in [0.717, 1.165) is 4.47 Å². The molecule has 0 heterocycles. The minimum atomic E-state index is -1.01. The molecule has 1 unspecified atom stereocenters. The Morgan fingerprint density at radius 3 is 2.41 bits per heavy atom. The summed E-state index contributed by atoms with van der Waals surface area (Å²) < 4.78 is 14.6. The van der Waals surface area contributed by atoms with Crippen molar-refractivity contribution < 1.29 is 9.50 Å². The van der Waals surface area contributed by atoms with Crippen molar-refractivity contribution in [3.8, 4) is 0 Å². The summed E-state index contributed by atoms with van der Waals surface area (Å²) in [7, 11) is 0. The second kappa shape index (κ2) is 5.17. The van der Waals surface area contributed by atoms with Crippen LogP contribution in [0.2, 0.25) is 5.02 Å². The molecule has 0 saturated carbocycles. The van der Waals surface area contributed by atoms with Gasteiger partial charge in [0.05, 0.1) is 5.02 Å². The summed E-state index contributed by atoms with van der Waals surface area (Å²) in [6.45, 7) is 0. The number of aliphatic hydroxyl groups is 1. The summed E-state index contributed by atoms with van der Waals surface area (Å²) >= 11 is 8.98. The van der Waals surface area contributed by atoms with E-state index in [4.69, 9.17) is 11.6 Å². The Bertz CT molecular complexity index is 527. The molecular formula is C13H9BrClFO. The largest absolute Gasteiger partial charge is 0.384 e.